The molecule has 2 aliphatic rings. The van der Waals surface area contributed by atoms with Crippen LogP contribution in [-0.4, -0.2) is 214 Å². The van der Waals surface area contributed by atoms with Crippen LogP contribution in [0.25, 0.3) is 67.3 Å². The Hall–Kier alpha value is -9.30. The van der Waals surface area contributed by atoms with Crippen molar-refractivity contribution in [2.45, 2.75) is 56.6 Å². The molecule has 2 fully saturated rings. The van der Waals surface area contributed by atoms with Gasteiger partial charge in [0.15, 0.2) is 17.5 Å². The van der Waals surface area contributed by atoms with E-state index in [1.54, 1.807) is 53.1 Å². The molecule has 0 aromatic carbocycles. The van der Waals surface area contributed by atoms with Crippen LogP contribution >= 0.6 is 34.8 Å². The Morgan fingerprint density at radius 2 is 1.00 bits per heavy atom. The van der Waals surface area contributed by atoms with E-state index in [-0.39, 0.29) is 69.0 Å². The number of anilines is 3. The summed E-state index contributed by atoms with van der Waals surface area (Å²) in [4.78, 5) is 101. The van der Waals surface area contributed by atoms with E-state index < -0.39 is 90.1 Å². The van der Waals surface area contributed by atoms with E-state index in [2.05, 4.69) is 65.1 Å². The Morgan fingerprint density at radius 1 is 0.604 bits per heavy atom. The third-order valence-corrected chi connectivity index (χ3v) is 16.3. The summed E-state index contributed by atoms with van der Waals surface area (Å²) in [5, 5.41) is 21.2. The molecule has 96 heavy (non-hydrogen) atoms. The monoisotopic (exact) mass is 1440 g/mol. The number of sulfonamides is 1. The number of nitrogens with zero attached hydrogens (tertiary/aromatic N) is 13. The molecule has 520 valence electrons. The number of aliphatic hydroxyl groups excluding tert-OH is 1. The van der Waals surface area contributed by atoms with Gasteiger partial charge in [0.05, 0.1) is 34.0 Å². The van der Waals surface area contributed by atoms with Crippen LogP contribution in [0, 0.1) is 0 Å². The van der Waals surface area contributed by atoms with Crippen molar-refractivity contribution in [1.29, 1.82) is 0 Å². The summed E-state index contributed by atoms with van der Waals surface area (Å²) in [6.07, 6.45) is -0.266. The predicted octanol–water partition coefficient (Wildman–Crippen LogP) is 7.93. The van der Waals surface area contributed by atoms with E-state index in [9.17, 15) is 72.2 Å². The van der Waals surface area contributed by atoms with Gasteiger partial charge < -0.3 is 56.0 Å². The number of aromatic nitrogens is 12. The third-order valence-electron chi connectivity index (χ3n) is 14.4. The quantitative estimate of drug-likeness (QED) is 0.0451. The fraction of sp³-hybridized carbons (Fsp3) is 0.339. The Labute approximate surface area is 559 Å². The van der Waals surface area contributed by atoms with Crippen molar-refractivity contribution >= 4 is 119 Å². The molecule has 4 amide bonds. The number of hydrogen-bond acceptors (Lipinski definition) is 19. The maximum absolute atomic E-state index is 12.7. The van der Waals surface area contributed by atoms with Crippen molar-refractivity contribution in [3.63, 3.8) is 0 Å². The molecular formula is C56H64Cl3F9N20O7S. The molecule has 0 unspecified atom stereocenters. The molecule has 11 heterocycles. The van der Waals surface area contributed by atoms with Gasteiger partial charge in [-0.1, -0.05) is 34.8 Å². The first-order valence-corrected chi connectivity index (χ1v) is 31.3. The van der Waals surface area contributed by atoms with Gasteiger partial charge in [0.25, 0.3) is 0 Å². The van der Waals surface area contributed by atoms with Crippen LogP contribution in [0.5, 0.6) is 0 Å². The lowest BCUT2D eigenvalue weighted by Crippen LogP contribution is -2.60. The molecule has 0 bridgehead atoms. The predicted molar refractivity (Wildman–Crippen MR) is 344 cm³/mol. The summed E-state index contributed by atoms with van der Waals surface area (Å²) < 4.78 is 138. The SMILES string of the molecule is CC(=O)N1CCN(c2ccnc(-c3c[nH]c4ncc(Cl)cc34)n2)[C@@H](C(=O)NCC(F)(F)F)C1.CS(=O)(=O)N1CCN(c2ccnc(-c3c[nH]c4ncc(Cl)cc34)n2)[C@@H](C(=O)NCC(F)(F)F)C1.C[C@H](O)[C@@H](Nc1ccnc(-c2c[nH]c3ncc(Cl)cc23)n1)C(=O)NCC(F)(F)F.[HH].[HH].[HH].[HH].[HH]. The summed E-state index contributed by atoms with van der Waals surface area (Å²) in [6, 6.07) is 5.95. The smallest absolute Gasteiger partial charge is 0.391 e. The molecule has 11 rings (SSSR count). The Kier molecular flexibility index (Phi) is 21.7. The molecule has 0 spiro atoms. The molecule has 9 aromatic heterocycles. The number of halogens is 12. The van der Waals surface area contributed by atoms with Crippen molar-refractivity contribution in [3.05, 3.63) is 107 Å². The van der Waals surface area contributed by atoms with Crippen LogP contribution in [-0.2, 0) is 29.2 Å². The largest absolute Gasteiger partial charge is 0.405 e. The average molecular weight is 1440 g/mol. The van der Waals surface area contributed by atoms with Gasteiger partial charge in [-0.2, -0.15) is 43.8 Å². The van der Waals surface area contributed by atoms with Gasteiger partial charge in [-0.15, -0.1) is 0 Å². The standard InChI is InChI=1S/C20H19ClF3N7O2.C19H19ClF3N7O3S.C17H16ClF3N6O2.5H2/c1-11(32)30-4-5-31(15(9-30)19(33)28-10-20(22,23)24)16-2-3-25-18(29-16)14-8-27-17-13(14)6-12(21)7-26-17;1-34(32,33)29-4-5-30(14(9-29)18(31)27-10-19(21,22)23)15-2-3-24-17(28-15)13-8-26-16-12(13)6-11(20)7-25-16;1-8(28)13(16(29)25-7-17(19,20)21)26-12-2-3-22-15(27-12)11-6-24-14-10(11)4-9(18)5-23-14;;;;;/h2-3,6-8,15H,4-5,9-10H2,1H3,(H,26,27)(H,28,33);2-3,6-8,14H,4-5,9-10H2,1H3,(H,25,26)(H,27,31);2-6,8,13,28H,7H2,1H3,(H,23,24)(H,25,29)(H,22,26,27);5*1H/t15-;14-;8-,13+;;;;;/m110...../s1. The normalized spacial score (nSPS) is 16.3. The fourth-order valence-corrected chi connectivity index (χ4v) is 11.2. The molecule has 40 heteroatoms. The molecule has 9 aromatic rings. The Balaban J connectivity index is 0.000000315. The number of aromatic amines is 3. The van der Waals surface area contributed by atoms with Crippen LogP contribution in [0.3, 0.4) is 0 Å². The van der Waals surface area contributed by atoms with Gasteiger partial charge in [0.2, 0.25) is 33.7 Å². The lowest BCUT2D eigenvalue weighted by molar-refractivity contribution is -0.140. The number of hydrogen-bond donors (Lipinski definition) is 8. The van der Waals surface area contributed by atoms with E-state index in [1.165, 1.54) is 73.0 Å². The highest BCUT2D eigenvalue weighted by Gasteiger charge is 2.40. The van der Waals surface area contributed by atoms with Gasteiger partial charge in [-0.05, 0) is 43.3 Å². The Bertz CT molecular complexity index is 4460. The molecular weight excluding hydrogens is 1370 g/mol. The third kappa shape index (κ3) is 18.2. The van der Waals surface area contributed by atoms with E-state index in [1.807, 2.05) is 10.6 Å². The minimum atomic E-state index is -4.61. The van der Waals surface area contributed by atoms with Crippen LogP contribution < -0.4 is 31.1 Å². The minimum Gasteiger partial charge on any atom is -0.391 e. The van der Waals surface area contributed by atoms with E-state index >= 15 is 0 Å². The van der Waals surface area contributed by atoms with Gasteiger partial charge >= 0.3 is 18.5 Å². The first kappa shape index (κ1) is 71.0. The number of pyridine rings is 3. The van der Waals surface area contributed by atoms with Gasteiger partial charge in [0.1, 0.15) is 72.2 Å². The van der Waals surface area contributed by atoms with Crippen LogP contribution in [0.2, 0.25) is 15.1 Å². The van der Waals surface area contributed by atoms with Crippen molar-refractivity contribution in [1.82, 2.24) is 85.0 Å². The molecule has 2 saturated heterocycles. The van der Waals surface area contributed by atoms with E-state index in [4.69, 9.17) is 34.8 Å². The number of piperazine rings is 2. The minimum absolute atomic E-state index is 0. The van der Waals surface area contributed by atoms with Crippen molar-refractivity contribution < 1.29 is 79.3 Å². The van der Waals surface area contributed by atoms with Crippen molar-refractivity contribution in [3.8, 4) is 34.2 Å². The van der Waals surface area contributed by atoms with Crippen LogP contribution in [0.4, 0.5) is 57.0 Å². The number of aliphatic hydroxyl groups is 1. The van der Waals surface area contributed by atoms with Gasteiger partial charge in [-0.25, -0.2) is 53.3 Å². The highest BCUT2D eigenvalue weighted by Crippen LogP contribution is 2.33. The summed E-state index contributed by atoms with van der Waals surface area (Å²) in [7, 11) is -3.67. The van der Waals surface area contributed by atoms with Crippen molar-refractivity contribution in [2.75, 3.05) is 80.3 Å². The zero-order valence-electron chi connectivity index (χ0n) is 50.0. The van der Waals surface area contributed by atoms with Crippen molar-refractivity contribution in [2.24, 2.45) is 0 Å². The average Bonchev–Trinajstić information content (AvgIpc) is 1.75. The molecule has 0 radical (unpaired) electrons. The number of alkyl halides is 9. The zero-order chi connectivity index (χ0) is 69.6. The maximum Gasteiger partial charge on any atom is 0.405 e. The number of fused-ring (bicyclic) bond motifs is 3. The second-order valence-electron chi connectivity index (χ2n) is 21.4. The summed E-state index contributed by atoms with van der Waals surface area (Å²) >= 11 is 18.1. The number of carbonyl (C=O) groups is 4. The number of carbonyl (C=O) groups excluding carboxylic acids is 4. The topological polar surface area (TPSA) is 347 Å². The molecule has 4 atom stereocenters. The second kappa shape index (κ2) is 29.4. The number of nitrogens with one attached hydrogen (secondary N) is 7. The Morgan fingerprint density at radius 3 is 1.41 bits per heavy atom. The van der Waals surface area contributed by atoms with E-state index in [0.717, 1.165) is 10.6 Å². The molecule has 0 aliphatic carbocycles. The fourth-order valence-electron chi connectivity index (χ4n) is 9.93. The first-order chi connectivity index (χ1) is 45.2. The molecule has 27 nitrogen and oxygen atoms in total. The second-order valence-corrected chi connectivity index (χ2v) is 24.7. The summed E-state index contributed by atoms with van der Waals surface area (Å²) in [5.41, 5.74) is 3.51. The van der Waals surface area contributed by atoms with E-state index in [0.29, 0.717) is 83.0 Å². The highest BCUT2D eigenvalue weighted by molar-refractivity contribution is 7.88. The molecule has 8 N–H and O–H groups in total. The number of rotatable bonds is 15. The number of amides is 4. The number of H-pyrrole nitrogens is 3. The zero-order valence-corrected chi connectivity index (χ0v) is 53.1. The molecule has 2 aliphatic heterocycles. The summed E-state index contributed by atoms with van der Waals surface area (Å²) in [5.74, 6) is -1.48. The van der Waals surface area contributed by atoms with Crippen LogP contribution in [0.15, 0.2) is 92.2 Å². The summed E-state index contributed by atoms with van der Waals surface area (Å²) in [6.45, 7) is -1.69. The van der Waals surface area contributed by atoms with Crippen LogP contribution in [0.1, 0.15) is 21.0 Å². The van der Waals surface area contributed by atoms with Gasteiger partial charge in [0, 0.05) is 135 Å². The lowest BCUT2D eigenvalue weighted by Gasteiger charge is -2.40. The maximum atomic E-state index is 12.7. The van der Waals surface area contributed by atoms with Gasteiger partial charge in [-0.3, -0.25) is 19.2 Å². The highest BCUT2D eigenvalue weighted by atomic mass is 35.5. The lowest BCUT2D eigenvalue weighted by atomic mass is 10.1. The first-order valence-electron chi connectivity index (χ1n) is 28.3. The molecule has 0 saturated carbocycles.